The van der Waals surface area contributed by atoms with Crippen LogP contribution in [0.3, 0.4) is 0 Å². The molecule has 0 aromatic carbocycles. The average Bonchev–Trinajstić information content (AvgIpc) is 2.27. The lowest BCUT2D eigenvalue weighted by Crippen LogP contribution is -2.43. The van der Waals surface area contributed by atoms with Gasteiger partial charge in [0, 0.05) is 25.4 Å². The number of pyridine rings is 1. The van der Waals surface area contributed by atoms with Gasteiger partial charge in [-0.3, -0.25) is 4.90 Å². The topological polar surface area (TPSA) is 36.4 Å². The molecular weight excluding hydrogens is 226 g/mol. The van der Waals surface area contributed by atoms with Gasteiger partial charge in [-0.25, -0.2) is 9.78 Å². The zero-order valence-corrected chi connectivity index (χ0v) is 10.4. The number of aromatic nitrogens is 1. The summed E-state index contributed by atoms with van der Waals surface area (Å²) in [5, 5.41) is 0.688. The number of hydrogen-bond donors (Lipinski definition) is 0. The van der Waals surface area contributed by atoms with Crippen molar-refractivity contribution in [2.24, 2.45) is 0 Å². The van der Waals surface area contributed by atoms with Gasteiger partial charge in [0.1, 0.15) is 5.82 Å². The minimum absolute atomic E-state index is 0.0516. The molecule has 0 aliphatic carbocycles. The van der Waals surface area contributed by atoms with Crippen molar-refractivity contribution in [3.05, 3.63) is 22.3 Å². The Balaban J connectivity index is 2.56. The molecule has 4 nitrogen and oxygen atoms in total. The predicted octanol–water partition coefficient (Wildman–Crippen LogP) is 2.30. The third-order valence-electron chi connectivity index (χ3n) is 2.79. The highest BCUT2D eigenvalue weighted by molar-refractivity contribution is 6.32. The summed E-state index contributed by atoms with van der Waals surface area (Å²) in [6, 6.07) is 1.82. The molecule has 16 heavy (non-hydrogen) atoms. The average molecular weight is 240 g/mol. The van der Waals surface area contributed by atoms with E-state index in [4.69, 9.17) is 11.6 Å². The maximum absolute atomic E-state index is 11.8. The molecule has 2 amide bonds. The number of carbonyl (C=O) groups is 1. The van der Waals surface area contributed by atoms with Crippen LogP contribution in [0.4, 0.5) is 10.6 Å². The summed E-state index contributed by atoms with van der Waals surface area (Å²) in [6.07, 6.45) is 0.810. The standard InChI is InChI=1S/C11H14ClN3O/c1-4-7-5-9(12)8-6-14(2)11(16)15(3)10(8)13-7/h5H,4,6H2,1-3H3. The van der Waals surface area contributed by atoms with Gasteiger partial charge in [-0.05, 0) is 12.5 Å². The number of amides is 2. The van der Waals surface area contributed by atoms with E-state index in [1.807, 2.05) is 13.0 Å². The van der Waals surface area contributed by atoms with Crippen molar-refractivity contribution in [1.82, 2.24) is 9.88 Å². The second-order valence-corrected chi connectivity index (χ2v) is 4.36. The Bertz CT molecular complexity index is 447. The molecule has 0 spiro atoms. The first kappa shape index (κ1) is 11.2. The molecule has 1 aliphatic heterocycles. The highest BCUT2D eigenvalue weighted by Crippen LogP contribution is 2.31. The largest absolute Gasteiger partial charge is 0.325 e. The minimum Gasteiger partial charge on any atom is -0.323 e. The molecule has 2 rings (SSSR count). The molecule has 0 saturated carbocycles. The van der Waals surface area contributed by atoms with Crippen molar-refractivity contribution in [3.8, 4) is 0 Å². The summed E-state index contributed by atoms with van der Waals surface area (Å²) < 4.78 is 0. The van der Waals surface area contributed by atoms with Crippen molar-refractivity contribution in [3.63, 3.8) is 0 Å². The van der Waals surface area contributed by atoms with Gasteiger partial charge in [0.05, 0.1) is 11.6 Å². The number of anilines is 1. The fourth-order valence-corrected chi connectivity index (χ4v) is 2.10. The molecule has 5 heteroatoms. The summed E-state index contributed by atoms with van der Waals surface area (Å²) in [4.78, 5) is 19.4. The van der Waals surface area contributed by atoms with Crippen LogP contribution in [0.2, 0.25) is 5.02 Å². The molecule has 0 fully saturated rings. The number of urea groups is 1. The smallest absolute Gasteiger partial charge is 0.323 e. The molecule has 0 bridgehead atoms. The fraction of sp³-hybridized carbons (Fsp3) is 0.455. The van der Waals surface area contributed by atoms with Gasteiger partial charge in [0.2, 0.25) is 0 Å². The van der Waals surface area contributed by atoms with Crippen molar-refractivity contribution < 1.29 is 4.79 Å². The van der Waals surface area contributed by atoms with Crippen LogP contribution >= 0.6 is 11.6 Å². The number of rotatable bonds is 1. The van der Waals surface area contributed by atoms with E-state index in [1.54, 1.807) is 23.9 Å². The summed E-state index contributed by atoms with van der Waals surface area (Å²) in [6.45, 7) is 2.54. The Morgan fingerprint density at radius 3 is 2.81 bits per heavy atom. The third-order valence-corrected chi connectivity index (χ3v) is 3.13. The maximum Gasteiger partial charge on any atom is 0.325 e. The van der Waals surface area contributed by atoms with E-state index in [2.05, 4.69) is 4.98 Å². The van der Waals surface area contributed by atoms with Crippen LogP contribution in [0.1, 0.15) is 18.2 Å². The molecule has 2 heterocycles. The molecule has 1 aromatic heterocycles. The van der Waals surface area contributed by atoms with Crippen molar-refractivity contribution in [2.45, 2.75) is 19.9 Å². The SMILES string of the molecule is CCc1cc(Cl)c2c(n1)N(C)C(=O)N(C)C2. The first-order valence-corrected chi connectivity index (χ1v) is 5.59. The Kier molecular flexibility index (Phi) is 2.76. The van der Waals surface area contributed by atoms with Gasteiger partial charge < -0.3 is 4.90 Å². The summed E-state index contributed by atoms with van der Waals surface area (Å²) in [7, 11) is 3.48. The predicted molar refractivity (Wildman–Crippen MR) is 63.9 cm³/mol. The lowest BCUT2D eigenvalue weighted by molar-refractivity contribution is 0.211. The van der Waals surface area contributed by atoms with Crippen LogP contribution in [-0.2, 0) is 13.0 Å². The monoisotopic (exact) mass is 239 g/mol. The fourth-order valence-electron chi connectivity index (χ4n) is 1.83. The van der Waals surface area contributed by atoms with Gasteiger partial charge in [-0.1, -0.05) is 18.5 Å². The van der Waals surface area contributed by atoms with Crippen LogP contribution in [0.5, 0.6) is 0 Å². The lowest BCUT2D eigenvalue weighted by Gasteiger charge is -2.32. The maximum atomic E-state index is 11.8. The summed E-state index contributed by atoms with van der Waals surface area (Å²) in [5.74, 6) is 0.687. The Morgan fingerprint density at radius 2 is 2.19 bits per heavy atom. The van der Waals surface area contributed by atoms with Gasteiger partial charge in [-0.15, -0.1) is 0 Å². The van der Waals surface area contributed by atoms with Crippen LogP contribution in [0.25, 0.3) is 0 Å². The second kappa shape index (κ2) is 3.94. The van der Waals surface area contributed by atoms with Crippen molar-refractivity contribution in [1.29, 1.82) is 0 Å². The number of fused-ring (bicyclic) bond motifs is 1. The van der Waals surface area contributed by atoms with Gasteiger partial charge in [0.25, 0.3) is 0 Å². The molecule has 0 radical (unpaired) electrons. The zero-order chi connectivity index (χ0) is 11.9. The van der Waals surface area contributed by atoms with E-state index in [0.717, 1.165) is 17.7 Å². The lowest BCUT2D eigenvalue weighted by atomic mass is 10.1. The number of aryl methyl sites for hydroxylation is 1. The van der Waals surface area contributed by atoms with Crippen LogP contribution in [-0.4, -0.2) is 30.0 Å². The quantitative estimate of drug-likeness (QED) is 0.754. The second-order valence-electron chi connectivity index (χ2n) is 3.95. The molecule has 0 unspecified atom stereocenters. The molecule has 1 aliphatic rings. The number of halogens is 1. The Labute approximate surface area is 99.8 Å². The van der Waals surface area contributed by atoms with E-state index in [1.165, 1.54) is 0 Å². The molecule has 0 saturated heterocycles. The number of carbonyl (C=O) groups excluding carboxylic acids is 1. The van der Waals surface area contributed by atoms with Crippen LogP contribution in [0.15, 0.2) is 6.07 Å². The van der Waals surface area contributed by atoms with Crippen molar-refractivity contribution >= 4 is 23.4 Å². The molecule has 1 aromatic rings. The third kappa shape index (κ3) is 1.63. The number of hydrogen-bond acceptors (Lipinski definition) is 2. The van der Waals surface area contributed by atoms with Gasteiger partial charge in [0.15, 0.2) is 0 Å². The van der Waals surface area contributed by atoms with Crippen molar-refractivity contribution in [2.75, 3.05) is 19.0 Å². The van der Waals surface area contributed by atoms with Crippen LogP contribution < -0.4 is 4.90 Å². The van der Waals surface area contributed by atoms with E-state index in [0.29, 0.717) is 17.4 Å². The van der Waals surface area contributed by atoms with E-state index >= 15 is 0 Å². The normalized spacial score (nSPS) is 15.4. The summed E-state index contributed by atoms with van der Waals surface area (Å²) in [5.41, 5.74) is 1.83. The molecule has 0 N–H and O–H groups in total. The van der Waals surface area contributed by atoms with E-state index in [9.17, 15) is 4.79 Å². The summed E-state index contributed by atoms with van der Waals surface area (Å²) >= 11 is 6.20. The minimum atomic E-state index is -0.0516. The molecule has 0 atom stereocenters. The highest BCUT2D eigenvalue weighted by atomic mass is 35.5. The van der Waals surface area contributed by atoms with Gasteiger partial charge in [-0.2, -0.15) is 0 Å². The first-order valence-electron chi connectivity index (χ1n) is 5.21. The zero-order valence-electron chi connectivity index (χ0n) is 9.62. The molecular formula is C11H14ClN3O. The van der Waals surface area contributed by atoms with Gasteiger partial charge >= 0.3 is 6.03 Å². The highest BCUT2D eigenvalue weighted by Gasteiger charge is 2.28. The Morgan fingerprint density at radius 1 is 1.50 bits per heavy atom. The number of nitrogens with zero attached hydrogens (tertiary/aromatic N) is 3. The Hall–Kier alpha value is -1.29. The van der Waals surface area contributed by atoms with E-state index < -0.39 is 0 Å². The molecule has 86 valence electrons. The first-order chi connectivity index (χ1) is 7.54. The van der Waals surface area contributed by atoms with Crippen LogP contribution in [0, 0.1) is 0 Å². The van der Waals surface area contributed by atoms with E-state index in [-0.39, 0.29) is 6.03 Å².